The summed E-state index contributed by atoms with van der Waals surface area (Å²) in [7, 11) is -3.54. The molecule has 1 amide bonds. The number of carbonyl (C=O) groups excluding carboxylic acids is 1. The molecule has 0 radical (unpaired) electrons. The maximum absolute atomic E-state index is 12.7. The molecule has 0 aliphatic carbocycles. The highest BCUT2D eigenvalue weighted by molar-refractivity contribution is 7.90. The highest BCUT2D eigenvalue weighted by Crippen LogP contribution is 2.24. The summed E-state index contributed by atoms with van der Waals surface area (Å²) >= 11 is 0. The zero-order valence-electron chi connectivity index (χ0n) is 17.9. The van der Waals surface area contributed by atoms with Gasteiger partial charge in [-0.05, 0) is 61.4 Å². The number of aryl methyl sites for hydroxylation is 2. The van der Waals surface area contributed by atoms with Crippen LogP contribution in [0.2, 0.25) is 0 Å². The van der Waals surface area contributed by atoms with Crippen molar-refractivity contribution in [2.45, 2.75) is 18.9 Å². The lowest BCUT2D eigenvalue weighted by Gasteiger charge is -2.12. The van der Waals surface area contributed by atoms with Gasteiger partial charge in [0.2, 0.25) is 5.95 Å². The van der Waals surface area contributed by atoms with Gasteiger partial charge in [0.1, 0.15) is 0 Å². The van der Waals surface area contributed by atoms with E-state index < -0.39 is 9.84 Å². The number of hydrogen-bond donors (Lipinski definition) is 2. The minimum atomic E-state index is -3.54. The smallest absolute Gasteiger partial charge is 0.255 e. The first kappa shape index (κ1) is 21.5. The second-order valence-corrected chi connectivity index (χ2v) is 9.50. The molecular formula is C24H22N4O3S. The number of sulfone groups is 1. The third kappa shape index (κ3) is 4.45. The number of nitrogens with one attached hydrogen (secondary N) is 2. The van der Waals surface area contributed by atoms with Crippen molar-refractivity contribution in [1.82, 2.24) is 9.97 Å². The summed E-state index contributed by atoms with van der Waals surface area (Å²) < 4.78 is 24.4. The van der Waals surface area contributed by atoms with Crippen molar-refractivity contribution in [2.75, 3.05) is 16.9 Å². The Morgan fingerprint density at radius 2 is 1.50 bits per heavy atom. The van der Waals surface area contributed by atoms with Crippen LogP contribution in [0, 0.1) is 13.8 Å². The van der Waals surface area contributed by atoms with Gasteiger partial charge in [-0.2, -0.15) is 0 Å². The van der Waals surface area contributed by atoms with E-state index in [-0.39, 0.29) is 16.9 Å². The number of hydrogen-bond acceptors (Lipinski definition) is 6. The molecule has 32 heavy (non-hydrogen) atoms. The van der Waals surface area contributed by atoms with Crippen LogP contribution in [0.1, 0.15) is 21.5 Å². The molecule has 7 nitrogen and oxygen atoms in total. The fourth-order valence-electron chi connectivity index (χ4n) is 3.42. The van der Waals surface area contributed by atoms with Gasteiger partial charge in [0.15, 0.2) is 14.9 Å². The van der Waals surface area contributed by atoms with Crippen LogP contribution in [0.25, 0.3) is 10.9 Å². The van der Waals surface area contributed by atoms with Gasteiger partial charge < -0.3 is 10.6 Å². The minimum Gasteiger partial charge on any atom is -0.324 e. The summed E-state index contributed by atoms with van der Waals surface area (Å²) in [4.78, 5) is 21.3. The average Bonchev–Trinajstić information content (AvgIpc) is 2.75. The molecule has 4 aromatic rings. The Balaban J connectivity index is 1.58. The molecule has 4 rings (SSSR count). The fraction of sp³-hybridized carbons (Fsp3) is 0.125. The van der Waals surface area contributed by atoms with Gasteiger partial charge in [-0.3, -0.25) is 4.79 Å². The molecule has 0 aliphatic rings. The summed E-state index contributed by atoms with van der Waals surface area (Å²) in [6.07, 6.45) is 1.12. The second-order valence-electron chi connectivity index (χ2n) is 7.56. The number of fused-ring (bicyclic) bond motifs is 1. The van der Waals surface area contributed by atoms with Crippen LogP contribution in [0.3, 0.4) is 0 Å². The molecule has 1 aromatic heterocycles. The van der Waals surface area contributed by atoms with Crippen LogP contribution in [0.5, 0.6) is 0 Å². The highest BCUT2D eigenvalue weighted by atomic mass is 32.2. The zero-order chi connectivity index (χ0) is 22.9. The number of anilines is 3. The molecular weight excluding hydrogens is 424 g/mol. The average molecular weight is 447 g/mol. The monoisotopic (exact) mass is 446 g/mol. The van der Waals surface area contributed by atoms with E-state index in [4.69, 9.17) is 0 Å². The van der Waals surface area contributed by atoms with E-state index >= 15 is 0 Å². The van der Waals surface area contributed by atoms with E-state index in [1.165, 1.54) is 0 Å². The van der Waals surface area contributed by atoms with Crippen molar-refractivity contribution < 1.29 is 13.2 Å². The number of carbonyl (C=O) groups is 1. The van der Waals surface area contributed by atoms with E-state index in [0.717, 1.165) is 23.1 Å². The maximum atomic E-state index is 12.7. The molecule has 2 N–H and O–H groups in total. The quantitative estimate of drug-likeness (QED) is 0.433. The van der Waals surface area contributed by atoms with E-state index in [9.17, 15) is 13.2 Å². The van der Waals surface area contributed by atoms with Gasteiger partial charge in [0.25, 0.3) is 5.91 Å². The number of benzene rings is 3. The number of nitrogens with zero attached hydrogens (tertiary/aromatic N) is 2. The molecule has 0 atom stereocenters. The molecule has 0 aliphatic heterocycles. The van der Waals surface area contributed by atoms with Crippen molar-refractivity contribution in [1.29, 1.82) is 0 Å². The lowest BCUT2D eigenvalue weighted by atomic mass is 10.1. The van der Waals surface area contributed by atoms with E-state index in [1.807, 2.05) is 32.0 Å². The van der Waals surface area contributed by atoms with Crippen LogP contribution in [0.4, 0.5) is 17.3 Å². The van der Waals surface area contributed by atoms with Gasteiger partial charge in [-0.15, -0.1) is 0 Å². The summed E-state index contributed by atoms with van der Waals surface area (Å²) in [5, 5.41) is 6.42. The SMILES string of the molecule is Cc1cccc(C)c1NC(=O)c1ccc(Nc2nc(S(C)(=O)=O)c3ccccc3n2)cc1. The number of aromatic nitrogens is 2. The Kier molecular flexibility index (Phi) is 5.63. The van der Waals surface area contributed by atoms with Crippen molar-refractivity contribution in [2.24, 2.45) is 0 Å². The van der Waals surface area contributed by atoms with Crippen LogP contribution in [-0.4, -0.2) is 30.5 Å². The van der Waals surface area contributed by atoms with Crippen LogP contribution >= 0.6 is 0 Å². The molecule has 0 saturated heterocycles. The summed E-state index contributed by atoms with van der Waals surface area (Å²) in [5.74, 6) is -0.0490. The Morgan fingerprint density at radius 3 is 2.16 bits per heavy atom. The van der Waals surface area contributed by atoms with Crippen molar-refractivity contribution >= 4 is 44.0 Å². The first-order valence-corrected chi connectivity index (χ1v) is 11.8. The molecule has 0 saturated carbocycles. The van der Waals surface area contributed by atoms with Gasteiger partial charge in [-0.1, -0.05) is 30.3 Å². The zero-order valence-corrected chi connectivity index (χ0v) is 18.7. The molecule has 0 fully saturated rings. The predicted molar refractivity (Wildman–Crippen MR) is 126 cm³/mol. The Morgan fingerprint density at radius 1 is 0.844 bits per heavy atom. The predicted octanol–water partition coefficient (Wildman–Crippen LogP) is 4.65. The van der Waals surface area contributed by atoms with Crippen LogP contribution in [-0.2, 0) is 9.84 Å². The van der Waals surface area contributed by atoms with E-state index in [1.54, 1.807) is 48.5 Å². The van der Waals surface area contributed by atoms with Crippen molar-refractivity contribution in [3.05, 3.63) is 83.4 Å². The van der Waals surface area contributed by atoms with Crippen LogP contribution in [0.15, 0.2) is 71.8 Å². The number of amides is 1. The first-order chi connectivity index (χ1) is 15.2. The highest BCUT2D eigenvalue weighted by Gasteiger charge is 2.17. The van der Waals surface area contributed by atoms with Gasteiger partial charge in [-0.25, -0.2) is 18.4 Å². The number of rotatable bonds is 5. The Labute approximate surface area is 186 Å². The third-order valence-corrected chi connectivity index (χ3v) is 6.06. The Hall–Kier alpha value is -3.78. The topological polar surface area (TPSA) is 101 Å². The first-order valence-electron chi connectivity index (χ1n) is 9.94. The van der Waals surface area contributed by atoms with Gasteiger partial charge in [0, 0.05) is 28.6 Å². The largest absolute Gasteiger partial charge is 0.324 e. The Bertz CT molecular complexity index is 1410. The molecule has 1 heterocycles. The third-order valence-electron chi connectivity index (χ3n) is 5.04. The van der Waals surface area contributed by atoms with Crippen LogP contribution < -0.4 is 10.6 Å². The fourth-order valence-corrected chi connectivity index (χ4v) is 4.24. The lowest BCUT2D eigenvalue weighted by Crippen LogP contribution is -2.13. The van der Waals surface area contributed by atoms with Gasteiger partial charge in [0.05, 0.1) is 5.52 Å². The second kappa shape index (κ2) is 8.39. The molecule has 0 unspecified atom stereocenters. The van der Waals surface area contributed by atoms with Crippen molar-refractivity contribution in [3.8, 4) is 0 Å². The molecule has 0 spiro atoms. The summed E-state index contributed by atoms with van der Waals surface area (Å²) in [5.41, 5.74) is 4.43. The summed E-state index contributed by atoms with van der Waals surface area (Å²) in [6, 6.07) is 19.6. The number of para-hydroxylation sites is 2. The summed E-state index contributed by atoms with van der Waals surface area (Å²) in [6.45, 7) is 3.90. The minimum absolute atomic E-state index is 0.0322. The van der Waals surface area contributed by atoms with E-state index in [0.29, 0.717) is 22.2 Å². The van der Waals surface area contributed by atoms with Gasteiger partial charge >= 0.3 is 0 Å². The standard InChI is InChI=1S/C24H22N4O3S/c1-15-7-6-8-16(2)21(15)27-22(29)17-11-13-18(14-12-17)25-24-26-20-10-5-4-9-19(20)23(28-24)32(3,30)31/h4-14H,1-3H3,(H,27,29)(H,25,26,28). The normalized spacial score (nSPS) is 11.3. The van der Waals surface area contributed by atoms with E-state index in [2.05, 4.69) is 20.6 Å². The molecule has 3 aromatic carbocycles. The molecule has 0 bridgehead atoms. The molecule has 8 heteroatoms. The maximum Gasteiger partial charge on any atom is 0.255 e. The van der Waals surface area contributed by atoms with Crippen molar-refractivity contribution in [3.63, 3.8) is 0 Å². The lowest BCUT2D eigenvalue weighted by molar-refractivity contribution is 0.102. The molecule has 162 valence electrons.